The van der Waals surface area contributed by atoms with Crippen molar-refractivity contribution < 1.29 is 9.59 Å². The van der Waals surface area contributed by atoms with Gasteiger partial charge in [0.25, 0.3) is 0 Å². The van der Waals surface area contributed by atoms with E-state index in [-0.39, 0.29) is 30.6 Å². The zero-order valence-electron chi connectivity index (χ0n) is 15.5. The third kappa shape index (κ3) is 5.44. The number of carbonyl (C=O) groups is 2. The molecule has 6 heteroatoms. The molecule has 0 spiro atoms. The summed E-state index contributed by atoms with van der Waals surface area (Å²) in [7, 11) is 0. The molecule has 1 unspecified atom stereocenters. The van der Waals surface area contributed by atoms with Gasteiger partial charge in [0.2, 0.25) is 5.91 Å². The molecule has 0 radical (unpaired) electrons. The van der Waals surface area contributed by atoms with Gasteiger partial charge in [0.1, 0.15) is 0 Å². The fraction of sp³-hybridized carbons (Fsp3) is 0.429. The van der Waals surface area contributed by atoms with Gasteiger partial charge in [-0.2, -0.15) is 0 Å². The Bertz CT molecular complexity index is 787. The Morgan fingerprint density at radius 2 is 1.78 bits per heavy atom. The smallest absolute Gasteiger partial charge is 0.315 e. The largest absolute Gasteiger partial charge is 0.346 e. The van der Waals surface area contributed by atoms with E-state index in [9.17, 15) is 9.59 Å². The number of hydrogen-bond donors (Lipinski definition) is 4. The molecule has 5 N–H and O–H groups in total. The van der Waals surface area contributed by atoms with Gasteiger partial charge in [0.05, 0.1) is 12.6 Å². The number of amides is 3. The molecule has 1 aliphatic rings. The summed E-state index contributed by atoms with van der Waals surface area (Å²) in [5.41, 5.74) is 6.82. The van der Waals surface area contributed by atoms with Gasteiger partial charge in [-0.3, -0.25) is 4.79 Å². The predicted molar refractivity (Wildman–Crippen MR) is 107 cm³/mol. The Kier molecular flexibility index (Phi) is 6.65. The SMILES string of the molecule is NCC(NC(=O)CNC(=O)NC1CCCCC1)c1ccc2ccccc2c1. The molecular formula is C21H28N4O2. The summed E-state index contributed by atoms with van der Waals surface area (Å²) in [6.07, 6.45) is 5.55. The number of hydrogen-bond acceptors (Lipinski definition) is 3. The van der Waals surface area contributed by atoms with Crippen LogP contribution >= 0.6 is 0 Å². The third-order valence-corrected chi connectivity index (χ3v) is 5.10. The van der Waals surface area contributed by atoms with E-state index in [0.717, 1.165) is 42.0 Å². The molecule has 0 aromatic heterocycles. The van der Waals surface area contributed by atoms with Crippen LogP contribution in [0.4, 0.5) is 4.79 Å². The van der Waals surface area contributed by atoms with Crippen molar-refractivity contribution in [3.05, 3.63) is 48.0 Å². The number of fused-ring (bicyclic) bond motifs is 1. The van der Waals surface area contributed by atoms with Gasteiger partial charge in [0.15, 0.2) is 0 Å². The number of carbonyl (C=O) groups excluding carboxylic acids is 2. The van der Waals surface area contributed by atoms with Gasteiger partial charge in [-0.15, -0.1) is 0 Å². The molecule has 1 fully saturated rings. The van der Waals surface area contributed by atoms with Crippen LogP contribution in [0.1, 0.15) is 43.7 Å². The first-order valence-corrected chi connectivity index (χ1v) is 9.68. The molecule has 144 valence electrons. The Morgan fingerprint density at radius 3 is 2.52 bits per heavy atom. The van der Waals surface area contributed by atoms with Crippen molar-refractivity contribution in [2.24, 2.45) is 5.73 Å². The third-order valence-electron chi connectivity index (χ3n) is 5.10. The second-order valence-electron chi connectivity index (χ2n) is 7.12. The van der Waals surface area contributed by atoms with Gasteiger partial charge in [-0.25, -0.2) is 4.79 Å². The fourth-order valence-electron chi connectivity index (χ4n) is 3.59. The number of nitrogens with one attached hydrogen (secondary N) is 3. The summed E-state index contributed by atoms with van der Waals surface area (Å²) in [5.74, 6) is -0.252. The predicted octanol–water partition coefficient (Wildman–Crippen LogP) is 2.59. The van der Waals surface area contributed by atoms with Crippen LogP contribution in [0.15, 0.2) is 42.5 Å². The van der Waals surface area contributed by atoms with Crippen LogP contribution in [0.2, 0.25) is 0 Å². The highest BCUT2D eigenvalue weighted by Gasteiger charge is 2.17. The Balaban J connectivity index is 1.50. The van der Waals surface area contributed by atoms with Crippen molar-refractivity contribution in [3.8, 4) is 0 Å². The highest BCUT2D eigenvalue weighted by Crippen LogP contribution is 2.20. The van der Waals surface area contributed by atoms with Gasteiger partial charge in [-0.1, -0.05) is 55.7 Å². The minimum atomic E-state index is -0.287. The Morgan fingerprint density at radius 1 is 1.04 bits per heavy atom. The zero-order chi connectivity index (χ0) is 19.1. The van der Waals surface area contributed by atoms with E-state index in [1.165, 1.54) is 6.42 Å². The average Bonchev–Trinajstić information content (AvgIpc) is 2.71. The molecule has 27 heavy (non-hydrogen) atoms. The average molecular weight is 368 g/mol. The summed E-state index contributed by atoms with van der Waals surface area (Å²) < 4.78 is 0. The minimum absolute atomic E-state index is 0.0668. The monoisotopic (exact) mass is 368 g/mol. The molecule has 1 saturated carbocycles. The molecular weight excluding hydrogens is 340 g/mol. The van der Waals surface area contributed by atoms with Crippen molar-refractivity contribution in [2.75, 3.05) is 13.1 Å². The van der Waals surface area contributed by atoms with Crippen molar-refractivity contribution in [1.82, 2.24) is 16.0 Å². The molecule has 3 amide bonds. The molecule has 2 aromatic carbocycles. The Labute approximate surface area is 159 Å². The van der Waals surface area contributed by atoms with E-state index in [1.54, 1.807) is 0 Å². The number of benzene rings is 2. The molecule has 0 heterocycles. The molecule has 3 rings (SSSR count). The van der Waals surface area contributed by atoms with E-state index in [0.29, 0.717) is 6.54 Å². The maximum Gasteiger partial charge on any atom is 0.315 e. The zero-order valence-corrected chi connectivity index (χ0v) is 15.5. The van der Waals surface area contributed by atoms with Crippen LogP contribution in [0, 0.1) is 0 Å². The number of nitrogens with two attached hydrogens (primary N) is 1. The van der Waals surface area contributed by atoms with Crippen LogP contribution in [0.5, 0.6) is 0 Å². The first kappa shape index (κ1) is 19.2. The first-order valence-electron chi connectivity index (χ1n) is 9.68. The van der Waals surface area contributed by atoms with E-state index in [2.05, 4.69) is 16.0 Å². The van der Waals surface area contributed by atoms with E-state index in [1.807, 2.05) is 42.5 Å². The van der Waals surface area contributed by atoms with Gasteiger partial charge < -0.3 is 21.7 Å². The highest BCUT2D eigenvalue weighted by molar-refractivity contribution is 5.85. The lowest BCUT2D eigenvalue weighted by Gasteiger charge is -2.23. The van der Waals surface area contributed by atoms with E-state index in [4.69, 9.17) is 5.73 Å². The topological polar surface area (TPSA) is 96.2 Å². The molecule has 0 aliphatic heterocycles. The molecule has 6 nitrogen and oxygen atoms in total. The molecule has 0 bridgehead atoms. The molecule has 1 aliphatic carbocycles. The summed E-state index contributed by atoms with van der Waals surface area (Å²) in [6.45, 7) is 0.223. The quantitative estimate of drug-likeness (QED) is 0.631. The highest BCUT2D eigenvalue weighted by atomic mass is 16.2. The number of rotatable bonds is 6. The van der Waals surface area contributed by atoms with Crippen molar-refractivity contribution in [2.45, 2.75) is 44.2 Å². The van der Waals surface area contributed by atoms with Gasteiger partial charge >= 0.3 is 6.03 Å². The second kappa shape index (κ2) is 9.37. The van der Waals surface area contributed by atoms with E-state index < -0.39 is 0 Å². The molecule has 0 saturated heterocycles. The Hall–Kier alpha value is -2.60. The lowest BCUT2D eigenvalue weighted by molar-refractivity contribution is -0.120. The first-order chi connectivity index (χ1) is 13.2. The maximum atomic E-state index is 12.2. The normalized spacial score (nSPS) is 15.9. The van der Waals surface area contributed by atoms with Crippen LogP contribution in [-0.2, 0) is 4.79 Å². The van der Waals surface area contributed by atoms with Crippen LogP contribution in [0.25, 0.3) is 10.8 Å². The summed E-state index contributed by atoms with van der Waals surface area (Å²) >= 11 is 0. The van der Waals surface area contributed by atoms with Crippen molar-refractivity contribution >= 4 is 22.7 Å². The van der Waals surface area contributed by atoms with Crippen LogP contribution in [-0.4, -0.2) is 31.1 Å². The van der Waals surface area contributed by atoms with Crippen molar-refractivity contribution in [3.63, 3.8) is 0 Å². The van der Waals surface area contributed by atoms with E-state index >= 15 is 0 Å². The summed E-state index contributed by atoms with van der Waals surface area (Å²) in [5, 5.41) is 10.7. The lowest BCUT2D eigenvalue weighted by atomic mass is 9.96. The number of urea groups is 1. The fourth-order valence-corrected chi connectivity index (χ4v) is 3.59. The summed E-state index contributed by atoms with van der Waals surface area (Å²) in [4.78, 5) is 24.2. The summed E-state index contributed by atoms with van der Waals surface area (Å²) in [6, 6.07) is 13.7. The maximum absolute atomic E-state index is 12.2. The van der Waals surface area contributed by atoms with Crippen molar-refractivity contribution in [1.29, 1.82) is 0 Å². The molecule has 2 aromatic rings. The lowest BCUT2D eigenvalue weighted by Crippen LogP contribution is -2.47. The van der Waals surface area contributed by atoms with Gasteiger partial charge in [-0.05, 0) is 35.2 Å². The van der Waals surface area contributed by atoms with Crippen LogP contribution < -0.4 is 21.7 Å². The second-order valence-corrected chi connectivity index (χ2v) is 7.12. The molecule has 1 atom stereocenters. The van der Waals surface area contributed by atoms with Crippen LogP contribution in [0.3, 0.4) is 0 Å². The standard InChI is InChI=1S/C21H28N4O2/c22-13-19(17-11-10-15-6-4-5-7-16(15)12-17)25-20(26)14-23-21(27)24-18-8-2-1-3-9-18/h4-7,10-12,18-19H,1-3,8-9,13-14,22H2,(H,25,26)(H2,23,24,27). The van der Waals surface area contributed by atoms with Gasteiger partial charge in [0, 0.05) is 12.6 Å². The minimum Gasteiger partial charge on any atom is -0.346 e.